The van der Waals surface area contributed by atoms with E-state index < -0.39 is 0 Å². The molecule has 0 fully saturated rings. The van der Waals surface area contributed by atoms with Crippen molar-refractivity contribution >= 4 is 16.4 Å². The minimum absolute atomic E-state index is 0.994. The third-order valence-electron chi connectivity index (χ3n) is 7.26. The van der Waals surface area contributed by atoms with Gasteiger partial charge in [0.05, 0.1) is 5.52 Å². The van der Waals surface area contributed by atoms with Crippen LogP contribution >= 0.6 is 0 Å². The van der Waals surface area contributed by atoms with Crippen LogP contribution in [0.1, 0.15) is 33.4 Å². The summed E-state index contributed by atoms with van der Waals surface area (Å²) in [4.78, 5) is 0. The van der Waals surface area contributed by atoms with Gasteiger partial charge in [-0.1, -0.05) is 24.3 Å². The van der Waals surface area contributed by atoms with Gasteiger partial charge in [0.15, 0.2) is 6.20 Å². The Hall–Kier alpha value is -3.39. The van der Waals surface area contributed by atoms with Gasteiger partial charge in [0.2, 0.25) is 5.69 Å². The summed E-state index contributed by atoms with van der Waals surface area (Å²) >= 11 is 0. The van der Waals surface area contributed by atoms with Crippen molar-refractivity contribution in [3.8, 4) is 22.4 Å². The molecule has 2 nitrogen and oxygen atoms in total. The highest BCUT2D eigenvalue weighted by atomic mass is 14.9. The summed E-state index contributed by atoms with van der Waals surface area (Å²) in [5, 5.41) is 1.35. The average Bonchev–Trinajstić information content (AvgIpc) is 3.24. The van der Waals surface area contributed by atoms with Crippen molar-refractivity contribution in [2.75, 3.05) is 0 Å². The summed E-state index contributed by atoms with van der Waals surface area (Å²) in [6.45, 7) is 8.87. The van der Waals surface area contributed by atoms with E-state index in [-0.39, 0.29) is 0 Å². The SMILES string of the molecule is Cc1cc(-c2cc3c(cc2C)-c2cc4c(C)c5ccccc5n4cc2C3)[n+](C)cc1C. The highest BCUT2D eigenvalue weighted by Gasteiger charge is 2.24. The first-order valence-corrected chi connectivity index (χ1v) is 11.1. The molecule has 2 aromatic carbocycles. The van der Waals surface area contributed by atoms with Gasteiger partial charge in [-0.25, -0.2) is 4.57 Å². The largest absolute Gasteiger partial charge is 0.316 e. The molecule has 0 bridgehead atoms. The minimum Gasteiger partial charge on any atom is -0.316 e. The topological polar surface area (TPSA) is 8.29 Å². The molecule has 3 heterocycles. The molecule has 31 heavy (non-hydrogen) atoms. The highest BCUT2D eigenvalue weighted by Crippen LogP contribution is 2.42. The van der Waals surface area contributed by atoms with E-state index in [1.165, 1.54) is 72.2 Å². The molecule has 0 spiro atoms. The third-order valence-corrected chi connectivity index (χ3v) is 7.26. The molecule has 1 aliphatic carbocycles. The quantitative estimate of drug-likeness (QED) is 0.281. The maximum Gasteiger partial charge on any atom is 0.212 e. The van der Waals surface area contributed by atoms with Crippen molar-refractivity contribution in [2.45, 2.75) is 34.1 Å². The molecular formula is C29H27N2+. The number of aromatic nitrogens is 2. The van der Waals surface area contributed by atoms with Gasteiger partial charge in [-0.3, -0.25) is 0 Å². The van der Waals surface area contributed by atoms with Crippen molar-refractivity contribution < 1.29 is 4.57 Å². The van der Waals surface area contributed by atoms with Crippen LogP contribution in [-0.4, -0.2) is 4.40 Å². The normalized spacial score (nSPS) is 12.5. The highest BCUT2D eigenvalue weighted by molar-refractivity contribution is 5.94. The monoisotopic (exact) mass is 403 g/mol. The smallest absolute Gasteiger partial charge is 0.212 e. The third kappa shape index (κ3) is 2.54. The van der Waals surface area contributed by atoms with Gasteiger partial charge in [-0.05, 0) is 84.8 Å². The average molecular weight is 404 g/mol. The van der Waals surface area contributed by atoms with E-state index in [1.807, 2.05) is 0 Å². The minimum atomic E-state index is 0.994. The van der Waals surface area contributed by atoms with E-state index in [0.29, 0.717) is 0 Å². The van der Waals surface area contributed by atoms with Gasteiger partial charge < -0.3 is 4.40 Å². The summed E-state index contributed by atoms with van der Waals surface area (Å²) in [6.07, 6.45) is 5.60. The Balaban J connectivity index is 1.56. The molecule has 0 unspecified atom stereocenters. The number of hydrogen-bond donors (Lipinski definition) is 0. The van der Waals surface area contributed by atoms with Gasteiger partial charge in [0.1, 0.15) is 7.05 Å². The second-order valence-electron chi connectivity index (χ2n) is 9.25. The van der Waals surface area contributed by atoms with Gasteiger partial charge in [0.25, 0.3) is 0 Å². The predicted molar refractivity (Wildman–Crippen MR) is 129 cm³/mol. The number of para-hydroxylation sites is 1. The number of fused-ring (bicyclic) bond motifs is 6. The Labute approximate surface area is 183 Å². The fraction of sp³-hybridized carbons (Fsp3) is 0.207. The standard InChI is InChI=1S/C29H27N2/c1-17-11-29(30(5)15-19(17)3)24-13-21-12-22-16-31-27-9-7-6-8-23(27)20(4)28(31)14-26(22)25(21)10-18(24)2/h6-11,13-16H,12H2,1-5H3/q+1. The second-order valence-corrected chi connectivity index (χ2v) is 9.25. The van der Waals surface area contributed by atoms with Crippen LogP contribution in [0.25, 0.3) is 38.8 Å². The Morgan fingerprint density at radius 2 is 1.52 bits per heavy atom. The van der Waals surface area contributed by atoms with Crippen LogP contribution in [0, 0.1) is 27.7 Å². The molecule has 1 aliphatic rings. The van der Waals surface area contributed by atoms with Gasteiger partial charge >= 0.3 is 0 Å². The molecular weight excluding hydrogens is 376 g/mol. The van der Waals surface area contributed by atoms with Crippen LogP contribution in [-0.2, 0) is 13.5 Å². The van der Waals surface area contributed by atoms with Crippen LogP contribution in [0.5, 0.6) is 0 Å². The number of hydrogen-bond acceptors (Lipinski definition) is 0. The summed E-state index contributed by atoms with van der Waals surface area (Å²) in [6, 6.07) is 18.3. The lowest BCUT2D eigenvalue weighted by atomic mass is 9.95. The molecule has 0 N–H and O–H groups in total. The molecule has 0 amide bonds. The van der Waals surface area contributed by atoms with Gasteiger partial charge in [-0.15, -0.1) is 0 Å². The summed E-state index contributed by atoms with van der Waals surface area (Å²) in [7, 11) is 2.15. The summed E-state index contributed by atoms with van der Waals surface area (Å²) in [5.41, 5.74) is 16.3. The number of pyridine rings is 2. The van der Waals surface area contributed by atoms with E-state index in [2.05, 4.69) is 105 Å². The molecule has 0 atom stereocenters. The summed E-state index contributed by atoms with van der Waals surface area (Å²) < 4.78 is 4.64. The fourth-order valence-corrected chi connectivity index (χ4v) is 5.39. The first-order valence-electron chi connectivity index (χ1n) is 11.1. The Kier molecular flexibility index (Phi) is 3.74. The summed E-state index contributed by atoms with van der Waals surface area (Å²) in [5.74, 6) is 0. The second kappa shape index (κ2) is 6.31. The first kappa shape index (κ1) is 18.4. The van der Waals surface area contributed by atoms with Crippen molar-refractivity contribution in [2.24, 2.45) is 7.05 Å². The van der Waals surface area contributed by atoms with E-state index in [4.69, 9.17) is 0 Å². The van der Waals surface area contributed by atoms with Crippen LogP contribution in [0.4, 0.5) is 0 Å². The maximum atomic E-state index is 2.43. The van der Waals surface area contributed by atoms with E-state index in [9.17, 15) is 0 Å². The zero-order valence-corrected chi connectivity index (χ0v) is 18.9. The molecule has 0 saturated heterocycles. The van der Waals surface area contributed by atoms with Crippen molar-refractivity contribution in [1.82, 2.24) is 4.40 Å². The molecule has 0 radical (unpaired) electrons. The van der Waals surface area contributed by atoms with E-state index >= 15 is 0 Å². The van der Waals surface area contributed by atoms with Gasteiger partial charge in [0, 0.05) is 40.7 Å². The first-order chi connectivity index (χ1) is 14.9. The molecule has 152 valence electrons. The number of benzene rings is 2. The van der Waals surface area contributed by atoms with Gasteiger partial charge in [-0.2, -0.15) is 0 Å². The zero-order valence-electron chi connectivity index (χ0n) is 18.9. The lowest BCUT2D eigenvalue weighted by molar-refractivity contribution is -0.660. The lowest BCUT2D eigenvalue weighted by Gasteiger charge is -2.10. The number of aryl methyl sites for hydroxylation is 5. The van der Waals surface area contributed by atoms with E-state index in [0.717, 1.165) is 6.42 Å². The van der Waals surface area contributed by atoms with E-state index in [1.54, 1.807) is 0 Å². The Bertz CT molecular complexity index is 1550. The zero-order chi connectivity index (χ0) is 21.4. The molecule has 0 saturated carbocycles. The van der Waals surface area contributed by atoms with Crippen LogP contribution in [0.3, 0.4) is 0 Å². The van der Waals surface area contributed by atoms with Crippen LogP contribution in [0.15, 0.2) is 60.9 Å². The molecule has 2 heteroatoms. The Morgan fingerprint density at radius 3 is 2.35 bits per heavy atom. The maximum absolute atomic E-state index is 2.43. The molecule has 5 aromatic rings. The van der Waals surface area contributed by atoms with Crippen molar-refractivity contribution in [1.29, 1.82) is 0 Å². The Morgan fingerprint density at radius 1 is 0.742 bits per heavy atom. The fourth-order valence-electron chi connectivity index (χ4n) is 5.39. The van der Waals surface area contributed by atoms with Crippen LogP contribution < -0.4 is 4.57 Å². The lowest BCUT2D eigenvalue weighted by Crippen LogP contribution is -2.31. The molecule has 0 aliphatic heterocycles. The van der Waals surface area contributed by atoms with Crippen molar-refractivity contribution in [3.63, 3.8) is 0 Å². The van der Waals surface area contributed by atoms with Crippen molar-refractivity contribution in [3.05, 3.63) is 94.3 Å². The number of rotatable bonds is 1. The molecule has 6 rings (SSSR count). The number of nitrogens with zero attached hydrogens (tertiary/aromatic N) is 2. The predicted octanol–water partition coefficient (Wildman–Crippen LogP) is 6.39. The molecule has 3 aromatic heterocycles. The van der Waals surface area contributed by atoms with Crippen LogP contribution in [0.2, 0.25) is 0 Å².